The van der Waals surface area contributed by atoms with Gasteiger partial charge >= 0.3 is 0 Å². The molecule has 1 aliphatic carbocycles. The first-order valence-electron chi connectivity index (χ1n) is 8.80. The van der Waals surface area contributed by atoms with Crippen LogP contribution in [0.25, 0.3) is 0 Å². The van der Waals surface area contributed by atoms with E-state index in [1.807, 2.05) is 12.3 Å². The number of piperidine rings is 1. The van der Waals surface area contributed by atoms with Crippen LogP contribution in [0.3, 0.4) is 0 Å². The molecule has 0 bridgehead atoms. The average Bonchev–Trinajstić information content (AvgIpc) is 3.20. The van der Waals surface area contributed by atoms with E-state index >= 15 is 0 Å². The predicted octanol–water partition coefficient (Wildman–Crippen LogP) is 2.39. The average molecular weight is 337 g/mol. The number of nitrogens with zero attached hydrogens (tertiary/aromatic N) is 4. The lowest BCUT2D eigenvalue weighted by molar-refractivity contribution is 0.186. The fraction of sp³-hybridized carbons (Fsp3) is 0.421. The number of anilines is 1. The maximum atomic E-state index is 14.2. The van der Waals surface area contributed by atoms with Gasteiger partial charge in [0.2, 0.25) is 0 Å². The molecule has 3 aliphatic rings. The lowest BCUT2D eigenvalue weighted by atomic mass is 9.73. The summed E-state index contributed by atoms with van der Waals surface area (Å²) in [6, 6.07) is 5.21. The molecule has 3 heterocycles. The minimum Gasteiger partial charge on any atom is -0.355 e. The summed E-state index contributed by atoms with van der Waals surface area (Å²) in [5.74, 6) is 0.797. The Morgan fingerprint density at radius 2 is 2.08 bits per heavy atom. The van der Waals surface area contributed by atoms with E-state index in [2.05, 4.69) is 14.9 Å². The Balaban J connectivity index is 1.36. The molecule has 5 nitrogen and oxygen atoms in total. The van der Waals surface area contributed by atoms with E-state index in [0.717, 1.165) is 60.7 Å². The number of benzene rings is 1. The Labute approximate surface area is 145 Å². The van der Waals surface area contributed by atoms with Gasteiger partial charge in [0.25, 0.3) is 0 Å². The van der Waals surface area contributed by atoms with Gasteiger partial charge in [-0.2, -0.15) is 0 Å². The van der Waals surface area contributed by atoms with E-state index in [4.69, 9.17) is 10.7 Å². The zero-order valence-electron chi connectivity index (χ0n) is 14.0. The summed E-state index contributed by atoms with van der Waals surface area (Å²) in [5, 5.41) is 0. The number of nitrogens with two attached hydrogens (primary N) is 1. The summed E-state index contributed by atoms with van der Waals surface area (Å²) in [5.41, 5.74) is 10.2. The number of hydrogen-bond acceptors (Lipinski definition) is 5. The predicted molar refractivity (Wildman–Crippen MR) is 94.2 cm³/mol. The summed E-state index contributed by atoms with van der Waals surface area (Å²) in [7, 11) is 0. The molecule has 128 valence electrons. The van der Waals surface area contributed by atoms with Gasteiger partial charge in [0, 0.05) is 25.3 Å². The van der Waals surface area contributed by atoms with Crippen molar-refractivity contribution in [3.63, 3.8) is 0 Å². The van der Waals surface area contributed by atoms with Crippen LogP contribution in [-0.4, -0.2) is 29.3 Å². The van der Waals surface area contributed by atoms with Crippen molar-refractivity contribution in [2.75, 3.05) is 18.0 Å². The molecular weight excluding hydrogens is 317 g/mol. The zero-order chi connectivity index (χ0) is 17.0. The molecule has 2 aromatic rings. The molecule has 1 atom stereocenters. The molecule has 2 aliphatic heterocycles. The maximum Gasteiger partial charge on any atom is 0.147 e. The molecule has 1 spiro atoms. The minimum atomic E-state index is -0.114. The molecule has 1 fully saturated rings. The Hall–Kier alpha value is -2.34. The van der Waals surface area contributed by atoms with Crippen molar-refractivity contribution >= 4 is 12.0 Å². The fourth-order valence-electron chi connectivity index (χ4n) is 4.54. The van der Waals surface area contributed by atoms with Crippen LogP contribution in [0.15, 0.2) is 29.4 Å². The Morgan fingerprint density at radius 3 is 2.88 bits per heavy atom. The van der Waals surface area contributed by atoms with Crippen LogP contribution in [-0.2, 0) is 13.0 Å². The third kappa shape index (κ3) is 2.20. The summed E-state index contributed by atoms with van der Waals surface area (Å²) < 4.78 is 14.2. The molecule has 5 rings (SSSR count). The van der Waals surface area contributed by atoms with Crippen molar-refractivity contribution < 1.29 is 4.39 Å². The van der Waals surface area contributed by atoms with Crippen LogP contribution >= 0.6 is 0 Å². The van der Waals surface area contributed by atoms with Crippen molar-refractivity contribution in [1.29, 1.82) is 0 Å². The SMILES string of the molecule is N[C@@H]1c2cccc(F)c2CC12CCN(c1cnc3c(n1)CN=C3)CC2. The lowest BCUT2D eigenvalue weighted by Crippen LogP contribution is -2.44. The van der Waals surface area contributed by atoms with E-state index in [1.165, 1.54) is 0 Å². The smallest absolute Gasteiger partial charge is 0.147 e. The summed E-state index contributed by atoms with van der Waals surface area (Å²) in [4.78, 5) is 15.6. The molecule has 0 amide bonds. The largest absolute Gasteiger partial charge is 0.355 e. The molecule has 0 unspecified atom stereocenters. The van der Waals surface area contributed by atoms with Crippen LogP contribution in [0.4, 0.5) is 10.2 Å². The van der Waals surface area contributed by atoms with Gasteiger partial charge in [-0.25, -0.2) is 14.4 Å². The lowest BCUT2D eigenvalue weighted by Gasteiger charge is -2.42. The quantitative estimate of drug-likeness (QED) is 0.868. The molecule has 2 N–H and O–H groups in total. The number of halogens is 1. The summed E-state index contributed by atoms with van der Waals surface area (Å²) >= 11 is 0. The highest BCUT2D eigenvalue weighted by Gasteiger charge is 2.47. The molecule has 1 saturated heterocycles. The monoisotopic (exact) mass is 337 g/mol. The second-order valence-corrected chi connectivity index (χ2v) is 7.34. The Kier molecular flexibility index (Phi) is 3.19. The van der Waals surface area contributed by atoms with Crippen molar-refractivity contribution in [2.45, 2.75) is 31.8 Å². The first-order valence-corrected chi connectivity index (χ1v) is 8.80. The van der Waals surface area contributed by atoms with Crippen molar-refractivity contribution in [2.24, 2.45) is 16.1 Å². The van der Waals surface area contributed by atoms with Gasteiger partial charge < -0.3 is 10.6 Å². The van der Waals surface area contributed by atoms with Crippen LogP contribution < -0.4 is 10.6 Å². The van der Waals surface area contributed by atoms with Crippen LogP contribution in [0.1, 0.15) is 41.4 Å². The standard InChI is InChI=1S/C19H20FN5/c20-14-3-1-2-12-13(14)8-19(18(12)21)4-6-25(7-5-19)17-11-23-15-9-22-10-16(15)24-17/h1-3,9,11,18H,4-8,10,21H2/t18-/m1/s1. The van der Waals surface area contributed by atoms with Gasteiger partial charge in [0.1, 0.15) is 17.3 Å². The molecule has 1 aromatic heterocycles. The van der Waals surface area contributed by atoms with Gasteiger partial charge in [-0.15, -0.1) is 0 Å². The first-order chi connectivity index (χ1) is 12.2. The molecule has 0 radical (unpaired) electrons. The van der Waals surface area contributed by atoms with E-state index in [0.29, 0.717) is 6.54 Å². The molecule has 25 heavy (non-hydrogen) atoms. The second-order valence-electron chi connectivity index (χ2n) is 7.34. The Bertz CT molecular complexity index is 870. The maximum absolute atomic E-state index is 14.2. The normalized spacial score (nSPS) is 23.1. The number of aromatic nitrogens is 2. The molecular formula is C19H20FN5. The second kappa shape index (κ2) is 5.33. The summed E-state index contributed by atoms with van der Waals surface area (Å²) in [6.07, 6.45) is 6.24. The third-order valence-corrected chi connectivity index (χ3v) is 6.08. The topological polar surface area (TPSA) is 67.4 Å². The zero-order valence-corrected chi connectivity index (χ0v) is 14.0. The number of rotatable bonds is 1. The van der Waals surface area contributed by atoms with Crippen LogP contribution in [0.2, 0.25) is 0 Å². The Morgan fingerprint density at radius 1 is 1.24 bits per heavy atom. The highest BCUT2D eigenvalue weighted by Crippen LogP contribution is 2.51. The molecule has 1 aromatic carbocycles. The van der Waals surface area contributed by atoms with Gasteiger partial charge in [-0.05, 0) is 41.9 Å². The van der Waals surface area contributed by atoms with E-state index < -0.39 is 0 Å². The van der Waals surface area contributed by atoms with Gasteiger partial charge in [0.05, 0.1) is 18.4 Å². The highest BCUT2D eigenvalue weighted by atomic mass is 19.1. The van der Waals surface area contributed by atoms with Crippen molar-refractivity contribution in [3.05, 3.63) is 52.7 Å². The van der Waals surface area contributed by atoms with E-state index in [9.17, 15) is 4.39 Å². The van der Waals surface area contributed by atoms with E-state index in [-0.39, 0.29) is 17.3 Å². The van der Waals surface area contributed by atoms with Gasteiger partial charge in [0.15, 0.2) is 0 Å². The highest BCUT2D eigenvalue weighted by molar-refractivity contribution is 5.81. The summed E-state index contributed by atoms with van der Waals surface area (Å²) in [6.45, 7) is 2.36. The van der Waals surface area contributed by atoms with Crippen molar-refractivity contribution in [3.8, 4) is 0 Å². The van der Waals surface area contributed by atoms with E-state index in [1.54, 1.807) is 18.3 Å². The van der Waals surface area contributed by atoms with Gasteiger partial charge in [-0.3, -0.25) is 4.99 Å². The molecule has 0 saturated carbocycles. The first kappa shape index (κ1) is 15.0. The third-order valence-electron chi connectivity index (χ3n) is 6.08. The van der Waals surface area contributed by atoms with Crippen LogP contribution in [0, 0.1) is 11.2 Å². The van der Waals surface area contributed by atoms with Crippen molar-refractivity contribution in [1.82, 2.24) is 9.97 Å². The molecule has 6 heteroatoms. The van der Waals surface area contributed by atoms with Crippen LogP contribution in [0.5, 0.6) is 0 Å². The van der Waals surface area contributed by atoms with Gasteiger partial charge in [-0.1, -0.05) is 12.1 Å². The fourth-order valence-corrected chi connectivity index (χ4v) is 4.54. The number of hydrogen-bond donors (Lipinski definition) is 1. The minimum absolute atomic E-state index is 0.0334. The number of aliphatic imine (C=N–C) groups is 1. The number of fused-ring (bicyclic) bond motifs is 2.